The third kappa shape index (κ3) is 3.99. The van der Waals surface area contributed by atoms with E-state index in [4.69, 9.17) is 9.72 Å². The summed E-state index contributed by atoms with van der Waals surface area (Å²) in [6.07, 6.45) is 0. The molecule has 2 aromatic carbocycles. The number of hydrogen-bond donors (Lipinski definition) is 1. The van der Waals surface area contributed by atoms with Crippen LogP contribution in [0.1, 0.15) is 5.56 Å². The minimum atomic E-state index is 0.752. The number of ether oxygens (including phenoxy) is 1. The maximum Gasteiger partial charge on any atom is 0.211 e. The molecule has 1 fully saturated rings. The van der Waals surface area contributed by atoms with Gasteiger partial charge in [-0.1, -0.05) is 60.3 Å². The van der Waals surface area contributed by atoms with Gasteiger partial charge in [0.15, 0.2) is 5.65 Å². The minimum absolute atomic E-state index is 0.752. The molecule has 6 nitrogen and oxygen atoms in total. The van der Waals surface area contributed by atoms with E-state index in [1.807, 2.05) is 12.1 Å². The predicted molar refractivity (Wildman–Crippen MR) is 115 cm³/mol. The van der Waals surface area contributed by atoms with Gasteiger partial charge in [-0.25, -0.2) is 4.98 Å². The van der Waals surface area contributed by atoms with Crippen molar-refractivity contribution >= 4 is 33.8 Å². The van der Waals surface area contributed by atoms with Crippen LogP contribution in [0.25, 0.3) is 22.1 Å². The van der Waals surface area contributed by atoms with Crippen molar-refractivity contribution in [2.45, 2.75) is 11.7 Å². The molecule has 2 aromatic heterocycles. The molecule has 1 saturated heterocycles. The number of aromatic nitrogens is 4. The molecule has 0 unspecified atom stereocenters. The third-order valence-corrected chi connectivity index (χ3v) is 6.26. The van der Waals surface area contributed by atoms with E-state index < -0.39 is 0 Å². The van der Waals surface area contributed by atoms with Gasteiger partial charge in [0.25, 0.3) is 0 Å². The van der Waals surface area contributed by atoms with E-state index in [9.17, 15) is 0 Å². The first-order valence-corrected chi connectivity index (χ1v) is 11.1. The van der Waals surface area contributed by atoms with Gasteiger partial charge >= 0.3 is 0 Å². The predicted octanol–water partition coefficient (Wildman–Crippen LogP) is 2.03. The third-order valence-electron chi connectivity index (χ3n) is 5.42. The van der Waals surface area contributed by atoms with E-state index in [2.05, 4.69) is 57.2 Å². The van der Waals surface area contributed by atoms with Crippen LogP contribution >= 0.6 is 11.8 Å². The van der Waals surface area contributed by atoms with Crippen LogP contribution < -0.4 is 4.90 Å². The number of fused-ring (bicyclic) bond motifs is 3. The van der Waals surface area contributed by atoms with Crippen molar-refractivity contribution in [3.8, 4) is 0 Å². The zero-order valence-corrected chi connectivity index (χ0v) is 17.1. The smallest absolute Gasteiger partial charge is 0.211 e. The van der Waals surface area contributed by atoms with E-state index in [0.29, 0.717) is 0 Å². The highest BCUT2D eigenvalue weighted by Crippen LogP contribution is 2.27. The standard InChI is InChI=1S/C22H23N5OS/c1-2-6-17(7-3-1)16-27-19-9-5-4-8-18(19)20-21(27)23-22(25-24-20)29-15-12-26-10-13-28-14-11-26/h1-9H,10-16H2/p+1. The summed E-state index contributed by atoms with van der Waals surface area (Å²) in [4.78, 5) is 6.50. The van der Waals surface area contributed by atoms with Gasteiger partial charge in [0.05, 0.1) is 31.0 Å². The Bertz CT molecular complexity index is 1110. The zero-order chi connectivity index (χ0) is 19.5. The van der Waals surface area contributed by atoms with Gasteiger partial charge in [-0.3, -0.25) is 0 Å². The Hall–Kier alpha value is -2.48. The summed E-state index contributed by atoms with van der Waals surface area (Å²) >= 11 is 1.69. The molecule has 5 rings (SSSR count). The average Bonchev–Trinajstić information content (AvgIpc) is 3.08. The van der Waals surface area contributed by atoms with Gasteiger partial charge < -0.3 is 14.2 Å². The van der Waals surface area contributed by atoms with Crippen LogP contribution in [0.2, 0.25) is 0 Å². The number of hydrogen-bond acceptors (Lipinski definition) is 5. The fourth-order valence-electron chi connectivity index (χ4n) is 3.87. The average molecular weight is 407 g/mol. The molecule has 7 heteroatoms. The molecule has 0 spiro atoms. The molecular formula is C22H24N5OS+. The lowest BCUT2D eigenvalue weighted by Gasteiger charge is -2.23. The highest BCUT2D eigenvalue weighted by atomic mass is 32.2. The number of rotatable bonds is 6. The molecule has 0 bridgehead atoms. The maximum atomic E-state index is 5.44. The lowest BCUT2D eigenvalue weighted by atomic mass is 10.2. The van der Waals surface area contributed by atoms with Gasteiger partial charge in [0, 0.05) is 11.9 Å². The number of para-hydroxylation sites is 1. The van der Waals surface area contributed by atoms with Gasteiger partial charge in [0.2, 0.25) is 5.16 Å². The first kappa shape index (κ1) is 18.5. The number of quaternary nitrogens is 1. The van der Waals surface area contributed by atoms with E-state index in [0.717, 1.165) is 72.4 Å². The Kier molecular flexibility index (Phi) is 5.43. The van der Waals surface area contributed by atoms with E-state index in [1.165, 1.54) is 5.56 Å². The molecule has 1 aliphatic heterocycles. The SMILES string of the molecule is c1ccc(Cn2c3ccccc3c3nnc(SCC[NH+]4CCOCC4)nc32)cc1. The van der Waals surface area contributed by atoms with Crippen LogP contribution in [0, 0.1) is 0 Å². The number of benzene rings is 2. The number of nitrogens with zero attached hydrogens (tertiary/aromatic N) is 4. The Morgan fingerprint density at radius 3 is 2.62 bits per heavy atom. The fourth-order valence-corrected chi connectivity index (χ4v) is 4.70. The first-order valence-electron chi connectivity index (χ1n) is 10.1. The Balaban J connectivity index is 1.44. The molecule has 0 atom stereocenters. The normalized spacial score (nSPS) is 15.3. The van der Waals surface area contributed by atoms with Gasteiger partial charge in [-0.05, 0) is 11.6 Å². The van der Waals surface area contributed by atoms with Gasteiger partial charge in [-0.15, -0.1) is 10.2 Å². The quantitative estimate of drug-likeness (QED) is 0.497. The van der Waals surface area contributed by atoms with Crippen molar-refractivity contribution in [2.24, 2.45) is 0 Å². The molecular weight excluding hydrogens is 382 g/mol. The molecule has 0 amide bonds. The summed E-state index contributed by atoms with van der Waals surface area (Å²) in [5.74, 6) is 0.988. The fraction of sp³-hybridized carbons (Fsp3) is 0.318. The van der Waals surface area contributed by atoms with E-state index >= 15 is 0 Å². The Labute approximate surface area is 173 Å². The molecule has 3 heterocycles. The number of morpholine rings is 1. The summed E-state index contributed by atoms with van der Waals surface area (Å²) < 4.78 is 7.69. The molecule has 0 radical (unpaired) electrons. The summed E-state index contributed by atoms with van der Waals surface area (Å²) in [7, 11) is 0. The highest BCUT2D eigenvalue weighted by Gasteiger charge is 2.16. The Morgan fingerprint density at radius 2 is 1.76 bits per heavy atom. The largest absolute Gasteiger partial charge is 0.370 e. The monoisotopic (exact) mass is 406 g/mol. The van der Waals surface area contributed by atoms with Crippen molar-refractivity contribution < 1.29 is 9.64 Å². The summed E-state index contributed by atoms with van der Waals surface area (Å²) in [5, 5.41) is 10.8. The molecule has 4 aromatic rings. The van der Waals surface area contributed by atoms with Crippen molar-refractivity contribution in [3.05, 3.63) is 60.2 Å². The maximum absolute atomic E-state index is 5.44. The summed E-state index contributed by atoms with van der Waals surface area (Å²) in [5.41, 5.74) is 4.18. The second-order valence-corrected chi connectivity index (χ2v) is 8.38. The number of thioether (sulfide) groups is 1. The van der Waals surface area contributed by atoms with Crippen LogP contribution in [0.3, 0.4) is 0 Å². The van der Waals surface area contributed by atoms with Crippen LogP contribution in [0.5, 0.6) is 0 Å². The topological polar surface area (TPSA) is 57.3 Å². The van der Waals surface area contributed by atoms with Gasteiger partial charge in [0.1, 0.15) is 18.6 Å². The molecule has 1 N–H and O–H groups in total. The van der Waals surface area contributed by atoms with Crippen LogP contribution in [-0.2, 0) is 11.3 Å². The zero-order valence-electron chi connectivity index (χ0n) is 16.3. The molecule has 148 valence electrons. The molecule has 0 saturated carbocycles. The molecule has 1 aliphatic rings. The van der Waals surface area contributed by atoms with E-state index in [-0.39, 0.29) is 0 Å². The van der Waals surface area contributed by atoms with Crippen molar-refractivity contribution in [1.82, 2.24) is 19.7 Å². The molecule has 0 aliphatic carbocycles. The van der Waals surface area contributed by atoms with Gasteiger partial charge in [-0.2, -0.15) is 0 Å². The Morgan fingerprint density at radius 1 is 0.966 bits per heavy atom. The highest BCUT2D eigenvalue weighted by molar-refractivity contribution is 7.99. The van der Waals surface area contributed by atoms with Crippen molar-refractivity contribution in [2.75, 3.05) is 38.6 Å². The lowest BCUT2D eigenvalue weighted by molar-refractivity contribution is -0.905. The first-order chi connectivity index (χ1) is 14.4. The second kappa shape index (κ2) is 8.49. The summed E-state index contributed by atoms with van der Waals surface area (Å²) in [6.45, 7) is 5.77. The van der Waals surface area contributed by atoms with Crippen molar-refractivity contribution in [1.29, 1.82) is 0 Å². The summed E-state index contributed by atoms with van der Waals surface area (Å²) in [6, 6.07) is 18.8. The second-order valence-electron chi connectivity index (χ2n) is 7.32. The lowest BCUT2D eigenvalue weighted by Crippen LogP contribution is -3.14. The van der Waals surface area contributed by atoms with Crippen LogP contribution in [0.15, 0.2) is 59.8 Å². The van der Waals surface area contributed by atoms with Crippen LogP contribution in [-0.4, -0.2) is 58.3 Å². The minimum Gasteiger partial charge on any atom is -0.370 e. The number of nitrogens with one attached hydrogen (secondary N) is 1. The van der Waals surface area contributed by atoms with E-state index in [1.54, 1.807) is 16.7 Å². The van der Waals surface area contributed by atoms with Crippen LogP contribution in [0.4, 0.5) is 0 Å². The molecule has 29 heavy (non-hydrogen) atoms. The van der Waals surface area contributed by atoms with Crippen molar-refractivity contribution in [3.63, 3.8) is 0 Å².